The lowest BCUT2D eigenvalue weighted by Crippen LogP contribution is -2.05. The Labute approximate surface area is 95.6 Å². The molecule has 0 aliphatic carbocycles. The number of aliphatic hydroxyl groups is 1. The van der Waals surface area contributed by atoms with Crippen LogP contribution >= 0.6 is 11.6 Å². The van der Waals surface area contributed by atoms with E-state index in [-0.39, 0.29) is 6.61 Å². The summed E-state index contributed by atoms with van der Waals surface area (Å²) < 4.78 is 0. The van der Waals surface area contributed by atoms with Gasteiger partial charge in [0.1, 0.15) is 0 Å². The van der Waals surface area contributed by atoms with E-state index in [0.717, 1.165) is 24.1 Å². The number of benzene rings is 1. The zero-order valence-corrected chi connectivity index (χ0v) is 9.59. The van der Waals surface area contributed by atoms with E-state index >= 15 is 0 Å². The minimum Gasteiger partial charge on any atom is -0.392 e. The average molecular weight is 226 g/mol. The molecule has 0 amide bonds. The van der Waals surface area contributed by atoms with Gasteiger partial charge in [0.2, 0.25) is 0 Å². The fourth-order valence-corrected chi connectivity index (χ4v) is 1.44. The minimum absolute atomic E-state index is 0.0168. The normalized spacial score (nSPS) is 11.1. The Hall–Kier alpha value is -0.830. The van der Waals surface area contributed by atoms with Crippen LogP contribution in [0.15, 0.2) is 24.3 Å². The maximum atomic E-state index is 9.03. The molecule has 2 nitrogen and oxygen atoms in total. The van der Waals surface area contributed by atoms with Crippen LogP contribution in [0.4, 0.5) is 0 Å². The van der Waals surface area contributed by atoms with Crippen LogP contribution in [0.2, 0.25) is 5.02 Å². The lowest BCUT2D eigenvalue weighted by Gasteiger charge is -2.01. The van der Waals surface area contributed by atoms with Gasteiger partial charge < -0.3 is 10.4 Å². The van der Waals surface area contributed by atoms with Crippen LogP contribution in [-0.4, -0.2) is 18.7 Å². The first-order chi connectivity index (χ1) is 7.27. The van der Waals surface area contributed by atoms with Gasteiger partial charge in [0.15, 0.2) is 0 Å². The monoisotopic (exact) mass is 225 g/mol. The molecule has 0 spiro atoms. The highest BCUT2D eigenvalue weighted by Gasteiger charge is 1.98. The van der Waals surface area contributed by atoms with E-state index in [1.807, 2.05) is 31.3 Å². The Morgan fingerprint density at radius 3 is 2.93 bits per heavy atom. The summed E-state index contributed by atoms with van der Waals surface area (Å²) in [6.07, 6.45) is 5.13. The van der Waals surface area contributed by atoms with Crippen LogP contribution in [0.1, 0.15) is 17.5 Å². The number of hydrogen-bond donors (Lipinski definition) is 2. The molecule has 15 heavy (non-hydrogen) atoms. The predicted octanol–water partition coefficient (Wildman–Crippen LogP) is 2.46. The first-order valence-electron chi connectivity index (χ1n) is 4.98. The molecule has 0 atom stereocenters. The summed E-state index contributed by atoms with van der Waals surface area (Å²) in [5, 5.41) is 12.7. The van der Waals surface area contributed by atoms with E-state index in [0.29, 0.717) is 5.02 Å². The second-order valence-corrected chi connectivity index (χ2v) is 3.71. The molecule has 0 fully saturated rings. The summed E-state index contributed by atoms with van der Waals surface area (Å²) >= 11 is 5.89. The number of hydrogen-bond acceptors (Lipinski definition) is 2. The van der Waals surface area contributed by atoms with E-state index in [2.05, 4.69) is 11.4 Å². The van der Waals surface area contributed by atoms with E-state index in [9.17, 15) is 0 Å². The van der Waals surface area contributed by atoms with Crippen molar-refractivity contribution in [2.45, 2.75) is 13.0 Å². The summed E-state index contributed by atoms with van der Waals surface area (Å²) in [7, 11) is 1.93. The summed E-state index contributed by atoms with van der Waals surface area (Å²) in [6, 6.07) is 5.65. The molecule has 1 aromatic rings. The van der Waals surface area contributed by atoms with Gasteiger partial charge in [0.25, 0.3) is 0 Å². The van der Waals surface area contributed by atoms with Gasteiger partial charge in [-0.3, -0.25) is 0 Å². The SMILES string of the molecule is CNCCC=Cc1ccc(Cl)c(CO)c1. The van der Waals surface area contributed by atoms with Crippen LogP contribution in [0.25, 0.3) is 6.08 Å². The topological polar surface area (TPSA) is 32.3 Å². The fraction of sp³-hybridized carbons (Fsp3) is 0.333. The van der Waals surface area contributed by atoms with Crippen molar-refractivity contribution in [1.82, 2.24) is 5.32 Å². The van der Waals surface area contributed by atoms with E-state index in [1.54, 1.807) is 0 Å². The molecule has 0 aliphatic rings. The molecule has 0 bridgehead atoms. The van der Waals surface area contributed by atoms with E-state index in [4.69, 9.17) is 16.7 Å². The van der Waals surface area contributed by atoms with Crippen molar-refractivity contribution in [2.75, 3.05) is 13.6 Å². The Balaban J connectivity index is 2.65. The van der Waals surface area contributed by atoms with Crippen molar-refractivity contribution in [3.63, 3.8) is 0 Å². The highest BCUT2D eigenvalue weighted by atomic mass is 35.5. The van der Waals surface area contributed by atoms with Gasteiger partial charge in [-0.05, 0) is 43.3 Å². The van der Waals surface area contributed by atoms with Crippen molar-refractivity contribution in [1.29, 1.82) is 0 Å². The number of halogens is 1. The van der Waals surface area contributed by atoms with E-state index in [1.165, 1.54) is 0 Å². The largest absolute Gasteiger partial charge is 0.392 e. The van der Waals surface area contributed by atoms with Gasteiger partial charge in [0, 0.05) is 5.02 Å². The predicted molar refractivity (Wildman–Crippen MR) is 65.0 cm³/mol. The Morgan fingerprint density at radius 1 is 1.47 bits per heavy atom. The standard InChI is InChI=1S/C12H16ClNO/c1-14-7-3-2-4-10-5-6-12(13)11(8-10)9-15/h2,4-6,8,14-15H,3,7,9H2,1H3. The molecule has 1 rings (SSSR count). The van der Waals surface area contributed by atoms with Crippen LogP contribution in [0.3, 0.4) is 0 Å². The highest BCUT2D eigenvalue weighted by molar-refractivity contribution is 6.31. The maximum absolute atomic E-state index is 9.03. The molecule has 82 valence electrons. The van der Waals surface area contributed by atoms with Crippen LogP contribution < -0.4 is 5.32 Å². The van der Waals surface area contributed by atoms with Gasteiger partial charge in [-0.1, -0.05) is 29.8 Å². The van der Waals surface area contributed by atoms with Crippen LogP contribution in [-0.2, 0) is 6.61 Å². The van der Waals surface area contributed by atoms with Gasteiger partial charge in [-0.15, -0.1) is 0 Å². The lowest BCUT2D eigenvalue weighted by atomic mass is 10.1. The molecule has 3 heteroatoms. The first kappa shape index (κ1) is 12.2. The molecular weight excluding hydrogens is 210 g/mol. The second-order valence-electron chi connectivity index (χ2n) is 3.30. The summed E-state index contributed by atoms with van der Waals surface area (Å²) in [5.74, 6) is 0. The van der Waals surface area contributed by atoms with Crippen LogP contribution in [0, 0.1) is 0 Å². The molecule has 0 unspecified atom stereocenters. The fourth-order valence-electron chi connectivity index (χ4n) is 1.27. The Kier molecular flexibility index (Phi) is 5.40. The van der Waals surface area contributed by atoms with Crippen LogP contribution in [0.5, 0.6) is 0 Å². The third kappa shape index (κ3) is 4.04. The Bertz CT molecular complexity index is 336. The summed E-state index contributed by atoms with van der Waals surface area (Å²) in [4.78, 5) is 0. The lowest BCUT2D eigenvalue weighted by molar-refractivity contribution is 0.282. The van der Waals surface area contributed by atoms with Crippen molar-refractivity contribution in [3.05, 3.63) is 40.4 Å². The summed E-state index contributed by atoms with van der Waals surface area (Å²) in [5.41, 5.74) is 1.84. The third-order valence-corrected chi connectivity index (χ3v) is 2.48. The third-order valence-electron chi connectivity index (χ3n) is 2.11. The van der Waals surface area contributed by atoms with Gasteiger partial charge in [-0.25, -0.2) is 0 Å². The number of nitrogens with one attached hydrogen (secondary N) is 1. The first-order valence-corrected chi connectivity index (χ1v) is 5.36. The smallest absolute Gasteiger partial charge is 0.0696 e. The molecule has 0 aromatic heterocycles. The van der Waals surface area contributed by atoms with Gasteiger partial charge in [-0.2, -0.15) is 0 Å². The molecular formula is C12H16ClNO. The minimum atomic E-state index is -0.0168. The highest BCUT2D eigenvalue weighted by Crippen LogP contribution is 2.18. The molecule has 0 radical (unpaired) electrons. The number of rotatable bonds is 5. The van der Waals surface area contributed by atoms with Crippen molar-refractivity contribution in [3.8, 4) is 0 Å². The average Bonchev–Trinajstić information content (AvgIpc) is 2.26. The molecule has 1 aromatic carbocycles. The zero-order chi connectivity index (χ0) is 11.1. The molecule has 0 aliphatic heterocycles. The zero-order valence-electron chi connectivity index (χ0n) is 8.83. The van der Waals surface area contributed by atoms with Gasteiger partial charge >= 0.3 is 0 Å². The maximum Gasteiger partial charge on any atom is 0.0696 e. The number of aliphatic hydroxyl groups excluding tert-OH is 1. The molecule has 0 saturated heterocycles. The molecule has 0 heterocycles. The second kappa shape index (κ2) is 6.62. The van der Waals surface area contributed by atoms with Crippen molar-refractivity contribution < 1.29 is 5.11 Å². The summed E-state index contributed by atoms with van der Waals surface area (Å²) in [6.45, 7) is 0.952. The van der Waals surface area contributed by atoms with E-state index < -0.39 is 0 Å². The van der Waals surface area contributed by atoms with Crippen molar-refractivity contribution in [2.24, 2.45) is 0 Å². The molecule has 2 N–H and O–H groups in total. The quantitative estimate of drug-likeness (QED) is 0.755. The molecule has 0 saturated carbocycles. The van der Waals surface area contributed by atoms with Crippen molar-refractivity contribution >= 4 is 17.7 Å². The Morgan fingerprint density at radius 2 is 2.27 bits per heavy atom. The van der Waals surface area contributed by atoms with Gasteiger partial charge in [0.05, 0.1) is 6.61 Å².